The molecule has 1 aromatic rings. The fraction of sp³-hybridized carbons (Fsp3) is 0.647. The second-order valence-electron chi connectivity index (χ2n) is 6.71. The van der Waals surface area contributed by atoms with E-state index in [-0.39, 0.29) is 5.75 Å². The quantitative estimate of drug-likeness (QED) is 0.829. The molecule has 2 aliphatic heterocycles. The lowest BCUT2D eigenvalue weighted by molar-refractivity contribution is 0.0892. The normalized spacial score (nSPS) is 23.2. The third-order valence-electron chi connectivity index (χ3n) is 5.06. The SMILES string of the molecule is CN1CCC(N2CCN(S(=O)(=O)Cc3ccccc3)CC2)CC1. The topological polar surface area (TPSA) is 43.9 Å². The van der Waals surface area contributed by atoms with Gasteiger partial charge in [-0.3, -0.25) is 4.90 Å². The minimum atomic E-state index is -3.20. The van der Waals surface area contributed by atoms with E-state index in [0.29, 0.717) is 19.1 Å². The van der Waals surface area contributed by atoms with E-state index in [1.165, 1.54) is 12.8 Å². The Morgan fingerprint density at radius 1 is 0.957 bits per heavy atom. The second-order valence-corrected chi connectivity index (χ2v) is 8.68. The summed E-state index contributed by atoms with van der Waals surface area (Å²) in [7, 11) is -1.03. The van der Waals surface area contributed by atoms with Gasteiger partial charge in [0.25, 0.3) is 0 Å². The molecule has 2 heterocycles. The van der Waals surface area contributed by atoms with E-state index < -0.39 is 10.0 Å². The first-order valence-electron chi connectivity index (χ1n) is 8.49. The molecule has 2 saturated heterocycles. The third kappa shape index (κ3) is 4.32. The van der Waals surface area contributed by atoms with Gasteiger partial charge in [-0.1, -0.05) is 30.3 Å². The van der Waals surface area contributed by atoms with E-state index in [0.717, 1.165) is 31.7 Å². The Balaban J connectivity index is 1.54. The van der Waals surface area contributed by atoms with E-state index >= 15 is 0 Å². The average molecular weight is 337 g/mol. The molecule has 0 spiro atoms. The number of piperazine rings is 1. The lowest BCUT2D eigenvalue weighted by atomic mass is 10.0. The number of nitrogens with zero attached hydrogens (tertiary/aromatic N) is 3. The lowest BCUT2D eigenvalue weighted by Gasteiger charge is -2.41. The molecular weight excluding hydrogens is 310 g/mol. The highest BCUT2D eigenvalue weighted by Gasteiger charge is 2.31. The number of hydrogen-bond donors (Lipinski definition) is 0. The molecule has 1 aromatic carbocycles. The molecule has 3 rings (SSSR count). The number of benzene rings is 1. The monoisotopic (exact) mass is 337 g/mol. The van der Waals surface area contributed by atoms with Crippen LogP contribution in [0.5, 0.6) is 0 Å². The number of sulfonamides is 1. The summed E-state index contributed by atoms with van der Waals surface area (Å²) in [6.45, 7) is 5.28. The van der Waals surface area contributed by atoms with Crippen LogP contribution in [0.2, 0.25) is 0 Å². The van der Waals surface area contributed by atoms with Crippen LogP contribution in [0.4, 0.5) is 0 Å². The van der Waals surface area contributed by atoms with Crippen molar-refractivity contribution in [2.75, 3.05) is 46.3 Å². The summed E-state index contributed by atoms with van der Waals surface area (Å²) in [4.78, 5) is 4.86. The summed E-state index contributed by atoms with van der Waals surface area (Å²) < 4.78 is 26.8. The summed E-state index contributed by atoms with van der Waals surface area (Å²) >= 11 is 0. The van der Waals surface area contributed by atoms with Crippen LogP contribution in [-0.4, -0.2) is 74.9 Å². The average Bonchev–Trinajstić information content (AvgIpc) is 2.56. The van der Waals surface area contributed by atoms with Gasteiger partial charge in [-0.2, -0.15) is 4.31 Å². The van der Waals surface area contributed by atoms with Crippen molar-refractivity contribution >= 4 is 10.0 Å². The van der Waals surface area contributed by atoms with E-state index in [9.17, 15) is 8.42 Å². The molecule has 128 valence electrons. The molecule has 0 aliphatic carbocycles. The maximum absolute atomic E-state index is 12.6. The van der Waals surface area contributed by atoms with Crippen molar-refractivity contribution in [3.8, 4) is 0 Å². The van der Waals surface area contributed by atoms with Crippen LogP contribution >= 0.6 is 0 Å². The van der Waals surface area contributed by atoms with Crippen molar-refractivity contribution in [3.63, 3.8) is 0 Å². The van der Waals surface area contributed by atoms with Gasteiger partial charge in [-0.25, -0.2) is 8.42 Å². The van der Waals surface area contributed by atoms with Crippen LogP contribution in [-0.2, 0) is 15.8 Å². The number of rotatable bonds is 4. The van der Waals surface area contributed by atoms with Gasteiger partial charge in [-0.15, -0.1) is 0 Å². The van der Waals surface area contributed by atoms with Gasteiger partial charge in [0.05, 0.1) is 5.75 Å². The minimum absolute atomic E-state index is 0.113. The van der Waals surface area contributed by atoms with Crippen LogP contribution in [0.1, 0.15) is 18.4 Å². The van der Waals surface area contributed by atoms with Crippen molar-refractivity contribution in [3.05, 3.63) is 35.9 Å². The Morgan fingerprint density at radius 3 is 2.17 bits per heavy atom. The van der Waals surface area contributed by atoms with Crippen LogP contribution in [0, 0.1) is 0 Å². The zero-order valence-corrected chi connectivity index (χ0v) is 14.7. The summed E-state index contributed by atoms with van der Waals surface area (Å²) in [5.41, 5.74) is 0.866. The molecule has 0 atom stereocenters. The van der Waals surface area contributed by atoms with Gasteiger partial charge in [0, 0.05) is 32.2 Å². The van der Waals surface area contributed by atoms with Gasteiger partial charge in [0.1, 0.15) is 0 Å². The summed E-state index contributed by atoms with van der Waals surface area (Å²) in [5.74, 6) is 0.113. The molecule has 2 aliphatic rings. The highest BCUT2D eigenvalue weighted by Crippen LogP contribution is 2.19. The maximum Gasteiger partial charge on any atom is 0.218 e. The Hall–Kier alpha value is -0.950. The summed E-state index contributed by atoms with van der Waals surface area (Å²) in [6.07, 6.45) is 2.40. The standard InChI is InChI=1S/C17H27N3O2S/c1-18-9-7-17(8-10-18)19-11-13-20(14-12-19)23(21,22)15-16-5-3-2-4-6-16/h2-6,17H,7-15H2,1H3. The third-order valence-corrected chi connectivity index (χ3v) is 6.91. The largest absolute Gasteiger partial charge is 0.306 e. The van der Waals surface area contributed by atoms with Crippen LogP contribution in [0.3, 0.4) is 0 Å². The minimum Gasteiger partial charge on any atom is -0.306 e. The molecule has 6 heteroatoms. The van der Waals surface area contributed by atoms with E-state index in [1.54, 1.807) is 4.31 Å². The second kappa shape index (κ2) is 7.30. The van der Waals surface area contributed by atoms with Gasteiger partial charge >= 0.3 is 0 Å². The molecule has 5 nitrogen and oxygen atoms in total. The van der Waals surface area contributed by atoms with E-state index in [4.69, 9.17) is 0 Å². The predicted octanol–water partition coefficient (Wildman–Crippen LogP) is 1.23. The fourth-order valence-corrected chi connectivity index (χ4v) is 5.10. The van der Waals surface area contributed by atoms with E-state index in [1.807, 2.05) is 30.3 Å². The number of hydrogen-bond acceptors (Lipinski definition) is 4. The predicted molar refractivity (Wildman–Crippen MR) is 92.7 cm³/mol. The first-order chi connectivity index (χ1) is 11.0. The highest BCUT2D eigenvalue weighted by molar-refractivity contribution is 7.88. The van der Waals surface area contributed by atoms with Gasteiger partial charge in [-0.05, 0) is 38.5 Å². The Morgan fingerprint density at radius 2 is 1.57 bits per heavy atom. The Kier molecular flexibility index (Phi) is 5.36. The van der Waals surface area contributed by atoms with Crippen molar-refractivity contribution < 1.29 is 8.42 Å². The molecule has 0 aromatic heterocycles. The zero-order chi connectivity index (χ0) is 16.3. The first kappa shape index (κ1) is 16.9. The molecule has 23 heavy (non-hydrogen) atoms. The van der Waals surface area contributed by atoms with Crippen molar-refractivity contribution in [2.45, 2.75) is 24.6 Å². The Labute approximate surface area is 139 Å². The lowest BCUT2D eigenvalue weighted by Crippen LogP contribution is -2.54. The summed E-state index contributed by atoms with van der Waals surface area (Å²) in [6, 6.07) is 10.1. The molecular formula is C17H27N3O2S. The van der Waals surface area contributed by atoms with Crippen LogP contribution in [0.15, 0.2) is 30.3 Å². The first-order valence-corrected chi connectivity index (χ1v) is 10.1. The molecule has 0 unspecified atom stereocenters. The molecule has 0 N–H and O–H groups in total. The van der Waals surface area contributed by atoms with E-state index in [2.05, 4.69) is 16.8 Å². The smallest absolute Gasteiger partial charge is 0.218 e. The maximum atomic E-state index is 12.6. The van der Waals surface area contributed by atoms with Crippen molar-refractivity contribution in [1.82, 2.24) is 14.1 Å². The number of likely N-dealkylation sites (tertiary alicyclic amines) is 1. The zero-order valence-electron chi connectivity index (χ0n) is 13.9. The Bertz CT molecular complexity index is 590. The van der Waals surface area contributed by atoms with Gasteiger partial charge < -0.3 is 4.90 Å². The number of piperidine rings is 1. The molecule has 0 amide bonds. The highest BCUT2D eigenvalue weighted by atomic mass is 32.2. The van der Waals surface area contributed by atoms with Crippen molar-refractivity contribution in [1.29, 1.82) is 0 Å². The molecule has 0 saturated carbocycles. The van der Waals surface area contributed by atoms with Gasteiger partial charge in [0.2, 0.25) is 10.0 Å². The van der Waals surface area contributed by atoms with Crippen LogP contribution < -0.4 is 0 Å². The van der Waals surface area contributed by atoms with Gasteiger partial charge in [0.15, 0.2) is 0 Å². The fourth-order valence-electron chi connectivity index (χ4n) is 3.58. The summed E-state index contributed by atoms with van der Waals surface area (Å²) in [5, 5.41) is 0. The van der Waals surface area contributed by atoms with Crippen LogP contribution in [0.25, 0.3) is 0 Å². The molecule has 0 radical (unpaired) electrons. The molecule has 0 bridgehead atoms. The molecule has 2 fully saturated rings. The van der Waals surface area contributed by atoms with Crippen molar-refractivity contribution in [2.24, 2.45) is 0 Å².